The Morgan fingerprint density at radius 3 is 2.48 bits per heavy atom. The van der Waals surface area contributed by atoms with Crippen molar-refractivity contribution in [2.75, 3.05) is 6.61 Å². The zero-order valence-electron chi connectivity index (χ0n) is 16.6. The topological polar surface area (TPSA) is 22.1 Å². The Labute approximate surface area is 173 Å². The number of halogens is 4. The largest absolute Gasteiger partial charge is 0.493 e. The fraction of sp³-hybridized carbons (Fsp3) is 0.348. The Kier molecular flexibility index (Phi) is 6.37. The highest BCUT2D eigenvalue weighted by molar-refractivity contribution is 6.31. The van der Waals surface area contributed by atoms with E-state index in [4.69, 9.17) is 16.3 Å². The monoisotopic (exact) mass is 421 g/mol. The Morgan fingerprint density at radius 1 is 1.03 bits per heavy atom. The van der Waals surface area contributed by atoms with E-state index in [1.54, 1.807) is 36.5 Å². The third kappa shape index (κ3) is 5.21. The van der Waals surface area contributed by atoms with Crippen molar-refractivity contribution in [1.29, 1.82) is 0 Å². The highest BCUT2D eigenvalue weighted by atomic mass is 35.5. The summed E-state index contributed by atoms with van der Waals surface area (Å²) < 4.78 is 46.8. The van der Waals surface area contributed by atoms with E-state index in [-0.39, 0.29) is 18.3 Å². The molecule has 0 saturated heterocycles. The zero-order valence-corrected chi connectivity index (χ0v) is 17.3. The van der Waals surface area contributed by atoms with Crippen LogP contribution in [0.2, 0.25) is 5.02 Å². The molecule has 0 N–H and O–H groups in total. The first-order valence-electron chi connectivity index (χ1n) is 9.54. The van der Waals surface area contributed by atoms with Gasteiger partial charge in [0.05, 0.1) is 17.7 Å². The van der Waals surface area contributed by atoms with E-state index in [0.717, 1.165) is 12.5 Å². The lowest BCUT2D eigenvalue weighted by Gasteiger charge is -2.19. The van der Waals surface area contributed by atoms with Gasteiger partial charge in [-0.3, -0.25) is 4.98 Å². The summed E-state index contributed by atoms with van der Waals surface area (Å²) in [7, 11) is 0. The number of hydrogen-bond acceptors (Lipinski definition) is 2. The Morgan fingerprint density at radius 2 is 1.79 bits per heavy atom. The van der Waals surface area contributed by atoms with Gasteiger partial charge in [-0.2, -0.15) is 13.2 Å². The quantitative estimate of drug-likeness (QED) is 0.408. The van der Waals surface area contributed by atoms with Crippen LogP contribution in [0.25, 0.3) is 22.0 Å². The summed E-state index contributed by atoms with van der Waals surface area (Å²) in [6.45, 7) is 6.39. The maximum absolute atomic E-state index is 13.7. The Bertz CT molecular complexity index is 1000. The molecular weight excluding hydrogens is 399 g/mol. The molecule has 6 heteroatoms. The van der Waals surface area contributed by atoms with Crippen LogP contribution >= 0.6 is 11.6 Å². The smallest absolute Gasteiger partial charge is 0.419 e. The van der Waals surface area contributed by atoms with Gasteiger partial charge in [0.15, 0.2) is 0 Å². The summed E-state index contributed by atoms with van der Waals surface area (Å²) in [5, 5.41) is 1.20. The fourth-order valence-electron chi connectivity index (χ4n) is 3.52. The number of aromatic nitrogens is 1. The van der Waals surface area contributed by atoms with Crippen molar-refractivity contribution in [3.8, 4) is 16.9 Å². The number of pyridine rings is 1. The van der Waals surface area contributed by atoms with Gasteiger partial charge in [-0.05, 0) is 65.8 Å². The van der Waals surface area contributed by atoms with Crippen LogP contribution in [0, 0.1) is 11.8 Å². The minimum absolute atomic E-state index is 0.145. The minimum atomic E-state index is -4.52. The average Bonchev–Trinajstić information content (AvgIpc) is 2.64. The van der Waals surface area contributed by atoms with Gasteiger partial charge < -0.3 is 4.74 Å². The SMILES string of the molecule is CC(C)C[C@H](C)COc1ccc(-c2ccnc3ccc(Cl)cc23)cc1C(F)(F)F. The second-order valence-electron chi connectivity index (χ2n) is 7.77. The highest BCUT2D eigenvalue weighted by Gasteiger charge is 2.35. The predicted octanol–water partition coefficient (Wildman–Crippen LogP) is 7.64. The molecule has 0 aliphatic carbocycles. The van der Waals surface area contributed by atoms with Gasteiger partial charge in [0.1, 0.15) is 5.75 Å². The first-order chi connectivity index (χ1) is 13.6. The molecule has 0 aliphatic rings. The summed E-state index contributed by atoms with van der Waals surface area (Å²) >= 11 is 6.09. The third-order valence-corrected chi connectivity index (χ3v) is 4.93. The molecule has 1 aromatic heterocycles. The molecular formula is C23H23ClF3NO. The molecule has 2 aromatic carbocycles. The van der Waals surface area contributed by atoms with Gasteiger partial charge in [0.2, 0.25) is 0 Å². The van der Waals surface area contributed by atoms with Crippen LogP contribution in [-0.2, 0) is 6.18 Å². The lowest BCUT2D eigenvalue weighted by Crippen LogP contribution is -2.14. The number of ether oxygens (including phenoxy) is 1. The van der Waals surface area contributed by atoms with E-state index >= 15 is 0 Å². The Hall–Kier alpha value is -2.27. The van der Waals surface area contributed by atoms with Gasteiger partial charge in [-0.25, -0.2) is 0 Å². The van der Waals surface area contributed by atoms with Crippen molar-refractivity contribution in [3.63, 3.8) is 0 Å². The first kappa shape index (κ1) is 21.4. The molecule has 3 rings (SSSR count). The van der Waals surface area contributed by atoms with Gasteiger partial charge >= 0.3 is 6.18 Å². The van der Waals surface area contributed by atoms with Crippen LogP contribution in [0.15, 0.2) is 48.7 Å². The van der Waals surface area contributed by atoms with Crippen molar-refractivity contribution in [3.05, 3.63) is 59.2 Å². The van der Waals surface area contributed by atoms with Gasteiger partial charge in [-0.15, -0.1) is 0 Å². The highest BCUT2D eigenvalue weighted by Crippen LogP contribution is 2.40. The van der Waals surface area contributed by atoms with E-state index in [2.05, 4.69) is 18.8 Å². The van der Waals surface area contributed by atoms with Gasteiger partial charge in [-0.1, -0.05) is 38.4 Å². The molecule has 0 radical (unpaired) electrons. The van der Waals surface area contributed by atoms with Crippen LogP contribution in [0.4, 0.5) is 13.2 Å². The van der Waals surface area contributed by atoms with E-state index in [1.165, 1.54) is 6.07 Å². The van der Waals surface area contributed by atoms with E-state index in [0.29, 0.717) is 33.0 Å². The molecule has 1 atom stereocenters. The van der Waals surface area contributed by atoms with Crippen LogP contribution in [0.3, 0.4) is 0 Å². The molecule has 0 bridgehead atoms. The molecule has 2 nitrogen and oxygen atoms in total. The summed E-state index contributed by atoms with van der Waals surface area (Å²) in [4.78, 5) is 4.26. The van der Waals surface area contributed by atoms with Crippen molar-refractivity contribution >= 4 is 22.5 Å². The van der Waals surface area contributed by atoms with Crippen LogP contribution < -0.4 is 4.74 Å². The number of fused-ring (bicyclic) bond motifs is 1. The third-order valence-electron chi connectivity index (χ3n) is 4.70. The van der Waals surface area contributed by atoms with E-state index < -0.39 is 11.7 Å². The number of benzene rings is 2. The van der Waals surface area contributed by atoms with Gasteiger partial charge in [0, 0.05) is 16.6 Å². The number of alkyl halides is 3. The number of rotatable bonds is 6. The van der Waals surface area contributed by atoms with Crippen LogP contribution in [-0.4, -0.2) is 11.6 Å². The maximum Gasteiger partial charge on any atom is 0.419 e. The van der Waals surface area contributed by atoms with Crippen molar-refractivity contribution < 1.29 is 17.9 Å². The molecule has 0 unspecified atom stereocenters. The number of nitrogens with zero attached hydrogens (tertiary/aromatic N) is 1. The molecule has 0 spiro atoms. The van der Waals surface area contributed by atoms with Gasteiger partial charge in [0.25, 0.3) is 0 Å². The number of hydrogen-bond donors (Lipinski definition) is 0. The summed E-state index contributed by atoms with van der Waals surface area (Å²) in [5.41, 5.74) is 0.972. The molecule has 0 fully saturated rings. The van der Waals surface area contributed by atoms with Crippen molar-refractivity contribution in [1.82, 2.24) is 4.98 Å². The van der Waals surface area contributed by atoms with Crippen molar-refractivity contribution in [2.45, 2.75) is 33.4 Å². The lowest BCUT2D eigenvalue weighted by molar-refractivity contribution is -0.139. The molecule has 0 aliphatic heterocycles. The van der Waals surface area contributed by atoms with E-state index in [1.807, 2.05) is 6.92 Å². The molecule has 3 aromatic rings. The molecule has 29 heavy (non-hydrogen) atoms. The molecule has 0 saturated carbocycles. The van der Waals surface area contributed by atoms with Crippen molar-refractivity contribution in [2.24, 2.45) is 11.8 Å². The molecule has 1 heterocycles. The maximum atomic E-state index is 13.7. The summed E-state index contributed by atoms with van der Waals surface area (Å²) in [6.07, 6.45) is -2.05. The zero-order chi connectivity index (χ0) is 21.2. The molecule has 154 valence electrons. The predicted molar refractivity (Wildman–Crippen MR) is 111 cm³/mol. The van der Waals surface area contributed by atoms with E-state index in [9.17, 15) is 13.2 Å². The average molecular weight is 422 g/mol. The normalized spacial score (nSPS) is 13.1. The first-order valence-corrected chi connectivity index (χ1v) is 9.91. The second kappa shape index (κ2) is 8.62. The fourth-order valence-corrected chi connectivity index (χ4v) is 3.69. The summed E-state index contributed by atoms with van der Waals surface area (Å²) in [6, 6.07) is 11.0. The minimum Gasteiger partial charge on any atom is -0.493 e. The lowest BCUT2D eigenvalue weighted by atomic mass is 9.98. The second-order valence-corrected chi connectivity index (χ2v) is 8.21. The van der Waals surface area contributed by atoms with Crippen LogP contribution in [0.5, 0.6) is 5.75 Å². The summed E-state index contributed by atoms with van der Waals surface area (Å²) in [5.74, 6) is 0.486. The standard InChI is InChI=1S/C23H23ClF3NO/c1-14(2)10-15(3)13-29-22-7-4-16(11-20(22)23(25,26)27)18-8-9-28-21-6-5-17(24)12-19(18)21/h4-9,11-12,14-15H,10,13H2,1-3H3/t15-/m0/s1. The van der Waals surface area contributed by atoms with Crippen LogP contribution in [0.1, 0.15) is 32.8 Å². The molecule has 0 amide bonds. The Balaban J connectivity index is 2.00.